The van der Waals surface area contributed by atoms with Crippen molar-refractivity contribution in [1.29, 1.82) is 0 Å². The van der Waals surface area contributed by atoms with E-state index in [1.54, 1.807) is 17.4 Å². The lowest BCUT2D eigenvalue weighted by Gasteiger charge is -2.21. The first kappa shape index (κ1) is 18.5. The van der Waals surface area contributed by atoms with Gasteiger partial charge in [0, 0.05) is 35.3 Å². The zero-order valence-corrected chi connectivity index (χ0v) is 16.1. The van der Waals surface area contributed by atoms with Crippen molar-refractivity contribution in [3.63, 3.8) is 0 Å². The van der Waals surface area contributed by atoms with Crippen LogP contribution < -0.4 is 10.3 Å². The van der Waals surface area contributed by atoms with E-state index in [-0.39, 0.29) is 11.7 Å². The van der Waals surface area contributed by atoms with Crippen LogP contribution in [-0.2, 0) is 12.8 Å². The molecule has 1 aromatic carbocycles. The Hall–Kier alpha value is -2.34. The minimum absolute atomic E-state index is 0.152. The quantitative estimate of drug-likeness (QED) is 0.597. The number of amides is 1. The van der Waals surface area contributed by atoms with Gasteiger partial charge in [-0.2, -0.15) is 5.10 Å². The first-order chi connectivity index (χ1) is 12.6. The topological polar surface area (TPSA) is 64.9 Å². The number of nitrogens with one attached hydrogen (secondary N) is 1. The first-order valence-electron chi connectivity index (χ1n) is 9.15. The van der Waals surface area contributed by atoms with Crippen molar-refractivity contribution in [3.8, 4) is 5.75 Å². The molecule has 1 heterocycles. The second-order valence-electron chi connectivity index (χ2n) is 6.38. The lowest BCUT2D eigenvalue weighted by Crippen LogP contribution is -2.21. The maximum atomic E-state index is 12.3. The summed E-state index contributed by atoms with van der Waals surface area (Å²) < 4.78 is 0. The number of hydrogen-bond acceptors (Lipinski definition) is 5. The van der Waals surface area contributed by atoms with Crippen LogP contribution in [0.5, 0.6) is 5.75 Å². The van der Waals surface area contributed by atoms with Crippen molar-refractivity contribution in [2.24, 2.45) is 5.10 Å². The number of aryl methyl sites for hydroxylation is 2. The lowest BCUT2D eigenvalue weighted by molar-refractivity contribution is 0.0959. The van der Waals surface area contributed by atoms with Crippen molar-refractivity contribution < 1.29 is 9.90 Å². The van der Waals surface area contributed by atoms with Gasteiger partial charge in [0.25, 0.3) is 5.91 Å². The number of phenols is 1. The molecular weight excluding hydrogens is 346 g/mol. The van der Waals surface area contributed by atoms with E-state index in [9.17, 15) is 9.90 Å². The molecule has 0 aliphatic heterocycles. The molecule has 1 amide bonds. The Kier molecular flexibility index (Phi) is 5.93. The number of benzene rings is 1. The maximum Gasteiger partial charge on any atom is 0.281 e. The third-order valence-electron chi connectivity index (χ3n) is 4.73. The van der Waals surface area contributed by atoms with Crippen molar-refractivity contribution >= 4 is 29.1 Å². The van der Waals surface area contributed by atoms with Crippen molar-refractivity contribution in [2.75, 3.05) is 18.0 Å². The monoisotopic (exact) mass is 371 g/mol. The molecule has 1 aliphatic rings. The Balaban J connectivity index is 1.64. The minimum Gasteiger partial charge on any atom is -0.507 e. The molecule has 0 spiro atoms. The SMILES string of the molecule is CCN(CC)c1ccc(/C=N/NC(=O)c2cc3c(s2)CCCC3)c(O)c1. The Morgan fingerprint density at radius 1 is 1.27 bits per heavy atom. The fourth-order valence-corrected chi connectivity index (χ4v) is 4.39. The minimum atomic E-state index is -0.195. The number of anilines is 1. The number of carbonyl (C=O) groups is 1. The summed E-state index contributed by atoms with van der Waals surface area (Å²) in [6.45, 7) is 5.91. The van der Waals surface area contributed by atoms with Crippen LogP contribution in [0.1, 0.15) is 52.4 Å². The van der Waals surface area contributed by atoms with E-state index in [2.05, 4.69) is 29.3 Å². The molecule has 2 N–H and O–H groups in total. The third-order valence-corrected chi connectivity index (χ3v) is 5.97. The van der Waals surface area contributed by atoms with Crippen LogP contribution in [0.25, 0.3) is 0 Å². The molecule has 26 heavy (non-hydrogen) atoms. The second-order valence-corrected chi connectivity index (χ2v) is 7.52. The zero-order chi connectivity index (χ0) is 18.5. The van der Waals surface area contributed by atoms with Gasteiger partial charge in [0.1, 0.15) is 5.75 Å². The standard InChI is InChI=1S/C20H25N3O2S/c1-3-23(4-2)16-10-9-15(17(24)12-16)13-21-22-20(25)19-11-14-7-5-6-8-18(14)26-19/h9-13,24H,3-8H2,1-2H3,(H,22,25)/b21-13+. The molecule has 0 unspecified atom stereocenters. The molecule has 5 nitrogen and oxygen atoms in total. The first-order valence-corrected chi connectivity index (χ1v) is 9.97. The number of carbonyl (C=O) groups excluding carboxylic acids is 1. The highest BCUT2D eigenvalue weighted by atomic mass is 32.1. The largest absolute Gasteiger partial charge is 0.507 e. The highest BCUT2D eigenvalue weighted by Crippen LogP contribution is 2.29. The van der Waals surface area contributed by atoms with Crippen LogP contribution in [0.3, 0.4) is 0 Å². The summed E-state index contributed by atoms with van der Waals surface area (Å²) in [5.41, 5.74) is 5.41. The summed E-state index contributed by atoms with van der Waals surface area (Å²) in [7, 11) is 0. The maximum absolute atomic E-state index is 12.3. The van der Waals surface area contributed by atoms with Gasteiger partial charge in [-0.1, -0.05) is 0 Å². The average molecular weight is 372 g/mol. The van der Waals surface area contributed by atoms with Crippen LogP contribution in [0.2, 0.25) is 0 Å². The predicted molar refractivity (Wildman–Crippen MR) is 108 cm³/mol. The van der Waals surface area contributed by atoms with Crippen LogP contribution in [-0.4, -0.2) is 30.3 Å². The molecule has 0 saturated heterocycles. The van der Waals surface area contributed by atoms with Gasteiger partial charge >= 0.3 is 0 Å². The van der Waals surface area contributed by atoms with Crippen LogP contribution in [0, 0.1) is 0 Å². The number of fused-ring (bicyclic) bond motifs is 1. The number of hydrazone groups is 1. The Bertz CT molecular complexity index is 786. The Morgan fingerprint density at radius 2 is 2.04 bits per heavy atom. The molecule has 0 atom stereocenters. The van der Waals surface area contributed by atoms with E-state index in [1.165, 1.54) is 29.5 Å². The molecule has 1 aliphatic carbocycles. The molecule has 0 saturated carbocycles. The van der Waals surface area contributed by atoms with Gasteiger partial charge in [-0.15, -0.1) is 11.3 Å². The fraction of sp³-hybridized carbons (Fsp3) is 0.400. The summed E-state index contributed by atoms with van der Waals surface area (Å²) in [5, 5.41) is 14.2. The van der Waals surface area contributed by atoms with Crippen LogP contribution in [0.4, 0.5) is 5.69 Å². The van der Waals surface area contributed by atoms with E-state index in [1.807, 2.05) is 18.2 Å². The summed E-state index contributed by atoms with van der Waals surface area (Å²) in [4.78, 5) is 16.5. The number of rotatable bonds is 6. The number of thiophene rings is 1. The summed E-state index contributed by atoms with van der Waals surface area (Å²) in [5.74, 6) is -0.0427. The van der Waals surface area contributed by atoms with Crippen molar-refractivity contribution in [2.45, 2.75) is 39.5 Å². The van der Waals surface area contributed by atoms with Gasteiger partial charge in [-0.25, -0.2) is 5.43 Å². The predicted octanol–water partition coefficient (Wildman–Crippen LogP) is 3.94. The molecule has 138 valence electrons. The van der Waals surface area contributed by atoms with E-state index < -0.39 is 0 Å². The third kappa shape index (κ3) is 4.07. The highest BCUT2D eigenvalue weighted by Gasteiger charge is 2.16. The molecule has 0 bridgehead atoms. The number of hydrogen-bond donors (Lipinski definition) is 2. The summed E-state index contributed by atoms with van der Waals surface area (Å²) >= 11 is 1.56. The number of nitrogens with zero attached hydrogens (tertiary/aromatic N) is 2. The zero-order valence-electron chi connectivity index (χ0n) is 15.3. The van der Waals surface area contributed by atoms with Gasteiger partial charge < -0.3 is 10.0 Å². The fourth-order valence-electron chi connectivity index (χ4n) is 3.24. The van der Waals surface area contributed by atoms with Gasteiger partial charge in [0.15, 0.2) is 0 Å². The van der Waals surface area contributed by atoms with Crippen LogP contribution in [0.15, 0.2) is 29.4 Å². The molecule has 1 aromatic heterocycles. The van der Waals surface area contributed by atoms with Crippen molar-refractivity contribution in [3.05, 3.63) is 45.1 Å². The average Bonchev–Trinajstić information content (AvgIpc) is 3.08. The van der Waals surface area contributed by atoms with E-state index in [0.717, 1.165) is 31.6 Å². The van der Waals surface area contributed by atoms with Gasteiger partial charge in [-0.3, -0.25) is 4.79 Å². The van der Waals surface area contributed by atoms with E-state index >= 15 is 0 Å². The number of aromatic hydroxyl groups is 1. The van der Waals surface area contributed by atoms with Gasteiger partial charge in [0.05, 0.1) is 11.1 Å². The molecule has 0 radical (unpaired) electrons. The lowest BCUT2D eigenvalue weighted by atomic mass is 9.99. The Labute approximate surface area is 158 Å². The Morgan fingerprint density at radius 3 is 2.73 bits per heavy atom. The van der Waals surface area contributed by atoms with Gasteiger partial charge in [0.2, 0.25) is 0 Å². The number of phenolic OH excluding ortho intramolecular Hbond substituents is 1. The van der Waals surface area contributed by atoms with E-state index in [4.69, 9.17) is 0 Å². The molecule has 6 heteroatoms. The summed E-state index contributed by atoms with van der Waals surface area (Å²) in [6.07, 6.45) is 6.02. The van der Waals surface area contributed by atoms with E-state index in [0.29, 0.717) is 10.4 Å². The summed E-state index contributed by atoms with van der Waals surface area (Å²) in [6, 6.07) is 7.47. The highest BCUT2D eigenvalue weighted by molar-refractivity contribution is 7.14. The molecule has 0 fully saturated rings. The molecular formula is C20H25N3O2S. The van der Waals surface area contributed by atoms with Crippen molar-refractivity contribution in [1.82, 2.24) is 5.43 Å². The smallest absolute Gasteiger partial charge is 0.281 e. The molecule has 3 rings (SSSR count). The second kappa shape index (κ2) is 8.36. The van der Waals surface area contributed by atoms with Gasteiger partial charge in [-0.05, 0) is 63.3 Å². The van der Waals surface area contributed by atoms with Crippen LogP contribution >= 0.6 is 11.3 Å². The molecule has 2 aromatic rings. The normalized spacial score (nSPS) is 13.6.